The summed E-state index contributed by atoms with van der Waals surface area (Å²) in [6.45, 7) is 2.78. The molecule has 0 aromatic carbocycles. The fourth-order valence-corrected chi connectivity index (χ4v) is 0.941. The Morgan fingerprint density at radius 1 is 1.54 bits per heavy atom. The number of carbonyl (C=O) groups is 1. The first-order valence-corrected chi connectivity index (χ1v) is 4.76. The van der Waals surface area contributed by atoms with Crippen LogP contribution in [0.4, 0.5) is 4.79 Å². The topological polar surface area (TPSA) is 64.3 Å². The van der Waals surface area contributed by atoms with E-state index >= 15 is 0 Å². The number of hydrogen-bond donors (Lipinski definition) is 2. The number of ether oxygens (including phenoxy) is 1. The first kappa shape index (κ1) is 12.2. The molecule has 0 aromatic rings. The highest BCUT2D eigenvalue weighted by Crippen LogP contribution is 1.93. The lowest BCUT2D eigenvalue weighted by Crippen LogP contribution is -2.25. The summed E-state index contributed by atoms with van der Waals surface area (Å²) in [6.07, 6.45) is 2.15. The minimum Gasteiger partial charge on any atom is -0.450 e. The third-order valence-electron chi connectivity index (χ3n) is 1.39. The molecular formula is C8H16N2O2S. The number of nitrogens with two attached hydrogens (primary N) is 1. The normalized spacial score (nSPS) is 9.31. The molecule has 5 heteroatoms. The van der Waals surface area contributed by atoms with Crippen molar-refractivity contribution in [2.24, 2.45) is 5.73 Å². The van der Waals surface area contributed by atoms with Crippen LogP contribution >= 0.6 is 12.2 Å². The molecule has 0 saturated carbocycles. The average Bonchev–Trinajstić information content (AvgIpc) is 2.03. The predicted octanol–water partition coefficient (Wildman–Crippen LogP) is 1.19. The highest BCUT2D eigenvalue weighted by Gasteiger charge is 1.98. The van der Waals surface area contributed by atoms with E-state index in [1.54, 1.807) is 6.92 Å². The summed E-state index contributed by atoms with van der Waals surface area (Å²) in [4.78, 5) is 11.3. The quantitative estimate of drug-likeness (QED) is 0.504. The second-order valence-electron chi connectivity index (χ2n) is 2.57. The van der Waals surface area contributed by atoms with E-state index in [-0.39, 0.29) is 6.09 Å². The third-order valence-corrected chi connectivity index (χ3v) is 1.60. The number of rotatable bonds is 6. The van der Waals surface area contributed by atoms with Crippen LogP contribution in [0.15, 0.2) is 0 Å². The molecule has 0 aliphatic heterocycles. The Hall–Kier alpha value is -0.840. The van der Waals surface area contributed by atoms with Crippen molar-refractivity contribution < 1.29 is 9.53 Å². The van der Waals surface area contributed by atoms with E-state index in [1.165, 1.54) is 0 Å². The van der Waals surface area contributed by atoms with Crippen LogP contribution in [0.5, 0.6) is 0 Å². The van der Waals surface area contributed by atoms with Gasteiger partial charge in [0.15, 0.2) is 0 Å². The molecule has 0 unspecified atom stereocenters. The molecule has 0 radical (unpaired) electrons. The second-order valence-corrected chi connectivity index (χ2v) is 3.10. The van der Waals surface area contributed by atoms with Crippen molar-refractivity contribution in [2.75, 3.05) is 13.2 Å². The number of hydrogen-bond acceptors (Lipinski definition) is 3. The van der Waals surface area contributed by atoms with E-state index in [9.17, 15) is 4.79 Å². The van der Waals surface area contributed by atoms with E-state index in [1.807, 2.05) is 0 Å². The predicted molar refractivity (Wildman–Crippen MR) is 55.7 cm³/mol. The molecule has 0 aromatic heterocycles. The molecule has 0 bridgehead atoms. The number of unbranched alkanes of at least 4 members (excludes halogenated alkanes) is 1. The van der Waals surface area contributed by atoms with Gasteiger partial charge in [-0.15, -0.1) is 0 Å². The molecule has 0 aliphatic rings. The zero-order valence-corrected chi connectivity index (χ0v) is 8.65. The Balaban J connectivity index is 3.16. The fraction of sp³-hybridized carbons (Fsp3) is 0.750. The number of amides is 1. The minimum atomic E-state index is -0.363. The fourth-order valence-electron chi connectivity index (χ4n) is 0.797. The molecule has 4 nitrogen and oxygen atoms in total. The summed E-state index contributed by atoms with van der Waals surface area (Å²) in [5.74, 6) is 0. The molecule has 0 saturated heterocycles. The molecular weight excluding hydrogens is 188 g/mol. The Kier molecular flexibility index (Phi) is 7.29. The van der Waals surface area contributed by atoms with Crippen LogP contribution in [0.25, 0.3) is 0 Å². The van der Waals surface area contributed by atoms with Gasteiger partial charge < -0.3 is 15.8 Å². The van der Waals surface area contributed by atoms with Crippen LogP contribution in [0.1, 0.15) is 26.2 Å². The summed E-state index contributed by atoms with van der Waals surface area (Å²) in [5, 5.41) is 2.61. The minimum absolute atomic E-state index is 0.363. The third kappa shape index (κ3) is 9.07. The van der Waals surface area contributed by atoms with Crippen LogP contribution in [-0.4, -0.2) is 24.2 Å². The van der Waals surface area contributed by atoms with Crippen molar-refractivity contribution in [1.82, 2.24) is 5.32 Å². The van der Waals surface area contributed by atoms with Crippen molar-refractivity contribution in [3.63, 3.8) is 0 Å². The zero-order chi connectivity index (χ0) is 10.1. The van der Waals surface area contributed by atoms with E-state index in [0.29, 0.717) is 18.1 Å². The van der Waals surface area contributed by atoms with Gasteiger partial charge in [0.25, 0.3) is 0 Å². The highest BCUT2D eigenvalue weighted by atomic mass is 32.1. The summed E-state index contributed by atoms with van der Waals surface area (Å²) < 4.78 is 4.67. The van der Waals surface area contributed by atoms with Crippen molar-refractivity contribution in [3.8, 4) is 0 Å². The van der Waals surface area contributed by atoms with Gasteiger partial charge in [0.1, 0.15) is 0 Å². The molecule has 0 spiro atoms. The van der Waals surface area contributed by atoms with Crippen molar-refractivity contribution in [2.45, 2.75) is 26.2 Å². The number of alkyl carbamates (subject to hydrolysis) is 1. The molecule has 1 amide bonds. The number of carbonyl (C=O) groups excluding carboxylic acids is 1. The summed E-state index contributed by atoms with van der Waals surface area (Å²) in [6, 6.07) is 0. The molecule has 13 heavy (non-hydrogen) atoms. The lowest BCUT2D eigenvalue weighted by atomic mass is 10.2. The average molecular weight is 204 g/mol. The van der Waals surface area contributed by atoms with E-state index in [0.717, 1.165) is 19.3 Å². The summed E-state index contributed by atoms with van der Waals surface area (Å²) in [7, 11) is 0. The molecule has 0 rings (SSSR count). The number of nitrogens with one attached hydrogen (secondary N) is 1. The van der Waals surface area contributed by atoms with Gasteiger partial charge in [-0.1, -0.05) is 12.2 Å². The van der Waals surface area contributed by atoms with Crippen LogP contribution in [0.2, 0.25) is 0 Å². The van der Waals surface area contributed by atoms with Crippen LogP contribution in [-0.2, 0) is 4.74 Å². The van der Waals surface area contributed by atoms with Crippen LogP contribution < -0.4 is 11.1 Å². The SMILES string of the molecule is CCOC(=O)NCCCCC(N)=S. The number of thiocarbonyl (C=S) groups is 1. The van der Waals surface area contributed by atoms with Gasteiger partial charge in [-0.3, -0.25) is 0 Å². The highest BCUT2D eigenvalue weighted by molar-refractivity contribution is 7.80. The van der Waals surface area contributed by atoms with Crippen molar-refractivity contribution in [3.05, 3.63) is 0 Å². The molecule has 0 aliphatic carbocycles. The summed E-state index contributed by atoms with van der Waals surface area (Å²) >= 11 is 4.70. The van der Waals surface area contributed by atoms with Gasteiger partial charge in [-0.05, 0) is 26.2 Å². The molecule has 0 atom stereocenters. The van der Waals surface area contributed by atoms with Gasteiger partial charge in [0, 0.05) is 6.54 Å². The first-order chi connectivity index (χ1) is 6.16. The summed E-state index contributed by atoms with van der Waals surface area (Å²) in [5.41, 5.74) is 5.30. The molecule has 0 fully saturated rings. The Bertz CT molecular complexity index is 174. The smallest absolute Gasteiger partial charge is 0.407 e. The van der Waals surface area contributed by atoms with Gasteiger partial charge in [0.05, 0.1) is 11.6 Å². The lowest BCUT2D eigenvalue weighted by molar-refractivity contribution is 0.152. The van der Waals surface area contributed by atoms with E-state index in [4.69, 9.17) is 18.0 Å². The van der Waals surface area contributed by atoms with Gasteiger partial charge in [0.2, 0.25) is 0 Å². The molecule has 3 N–H and O–H groups in total. The van der Waals surface area contributed by atoms with Crippen LogP contribution in [0, 0.1) is 0 Å². The lowest BCUT2D eigenvalue weighted by Gasteiger charge is -2.04. The molecule has 76 valence electrons. The Morgan fingerprint density at radius 2 is 2.23 bits per heavy atom. The van der Waals surface area contributed by atoms with E-state index < -0.39 is 0 Å². The zero-order valence-electron chi connectivity index (χ0n) is 7.84. The van der Waals surface area contributed by atoms with Gasteiger partial charge in [-0.25, -0.2) is 4.79 Å². The first-order valence-electron chi connectivity index (χ1n) is 4.35. The Labute approximate surface area is 83.8 Å². The maximum Gasteiger partial charge on any atom is 0.407 e. The maximum absolute atomic E-state index is 10.8. The standard InChI is InChI=1S/C8H16N2O2S/c1-2-12-8(11)10-6-4-3-5-7(9)13/h2-6H2,1H3,(H2,9,13)(H,10,11). The van der Waals surface area contributed by atoms with Crippen molar-refractivity contribution in [1.29, 1.82) is 0 Å². The molecule has 0 heterocycles. The van der Waals surface area contributed by atoms with Crippen LogP contribution in [0.3, 0.4) is 0 Å². The Morgan fingerprint density at radius 3 is 2.77 bits per heavy atom. The maximum atomic E-state index is 10.8. The van der Waals surface area contributed by atoms with Crippen molar-refractivity contribution >= 4 is 23.3 Å². The monoisotopic (exact) mass is 204 g/mol. The van der Waals surface area contributed by atoms with Gasteiger partial charge in [-0.2, -0.15) is 0 Å². The van der Waals surface area contributed by atoms with Gasteiger partial charge >= 0.3 is 6.09 Å². The van der Waals surface area contributed by atoms with E-state index in [2.05, 4.69) is 10.1 Å². The largest absolute Gasteiger partial charge is 0.450 e. The second kappa shape index (κ2) is 7.79.